The van der Waals surface area contributed by atoms with Crippen LogP contribution in [0.2, 0.25) is 0 Å². The van der Waals surface area contributed by atoms with Gasteiger partial charge >= 0.3 is 39.5 Å². The molecule has 0 fully saturated rings. The highest BCUT2D eigenvalue weighted by Gasteiger charge is 2.30. The predicted molar refractivity (Wildman–Crippen MR) is 354 cm³/mol. The van der Waals surface area contributed by atoms with Gasteiger partial charge in [-0.05, 0) is 49.4 Å². The molecule has 88 heavy (non-hydrogen) atoms. The number of esters is 4. The van der Waals surface area contributed by atoms with Crippen molar-refractivity contribution in [2.45, 2.75) is 356 Å². The zero-order chi connectivity index (χ0) is 65.4. The Hall–Kier alpha value is -1.94. The Kier molecular flexibility index (Phi) is 57.6. The molecule has 522 valence electrons. The molecule has 0 aliphatic carbocycles. The summed E-state index contributed by atoms with van der Waals surface area (Å²) in [7, 11) is -9.90. The minimum absolute atomic E-state index is 0.104. The number of hydrogen-bond acceptors (Lipinski definition) is 15. The highest BCUT2D eigenvalue weighted by molar-refractivity contribution is 7.47. The van der Waals surface area contributed by atoms with Crippen molar-refractivity contribution in [3.05, 3.63) is 0 Å². The Morgan fingerprint density at radius 1 is 0.318 bits per heavy atom. The van der Waals surface area contributed by atoms with Crippen LogP contribution in [0.5, 0.6) is 0 Å². The van der Waals surface area contributed by atoms with Gasteiger partial charge in [0, 0.05) is 25.7 Å². The van der Waals surface area contributed by atoms with Gasteiger partial charge < -0.3 is 33.8 Å². The van der Waals surface area contributed by atoms with Gasteiger partial charge in [0.05, 0.1) is 26.4 Å². The number of carbonyl (C=O) groups excluding carboxylic acids is 4. The van der Waals surface area contributed by atoms with Crippen molar-refractivity contribution in [2.24, 2.45) is 23.7 Å². The van der Waals surface area contributed by atoms with Crippen LogP contribution in [0.3, 0.4) is 0 Å². The molecule has 3 unspecified atom stereocenters. The van der Waals surface area contributed by atoms with E-state index in [9.17, 15) is 43.2 Å². The lowest BCUT2D eigenvalue weighted by Gasteiger charge is -2.21. The van der Waals surface area contributed by atoms with Crippen molar-refractivity contribution in [1.29, 1.82) is 0 Å². The Labute approximate surface area is 537 Å². The van der Waals surface area contributed by atoms with Crippen molar-refractivity contribution in [3.8, 4) is 0 Å². The van der Waals surface area contributed by atoms with Crippen LogP contribution in [-0.2, 0) is 65.4 Å². The molecule has 0 spiro atoms. The number of phosphoric acid groups is 2. The molecule has 6 atom stereocenters. The Bertz CT molecular complexity index is 1750. The normalized spacial score (nSPS) is 14.6. The highest BCUT2D eigenvalue weighted by atomic mass is 31.2. The maximum atomic E-state index is 13.0. The lowest BCUT2D eigenvalue weighted by molar-refractivity contribution is -0.161. The van der Waals surface area contributed by atoms with Crippen molar-refractivity contribution in [1.82, 2.24) is 0 Å². The standard InChI is InChI=1S/C69H134O17P2/c1-9-62(8)48-40-32-26-28-34-42-50-67(72)80-56-65(86-69(74)52-44-36-24-20-16-18-22-30-38-46-60(4)5)58-84-88(77,78)82-54-63(70)53-81-87(75,76)83-57-64(55-79-66(71)49-41-33-27-25-31-39-47-61(6)7)85-68(73)51-43-35-23-19-15-13-11-10-12-14-17-21-29-37-45-59(2)3/h59-65,70H,9-58H2,1-8H3,(H,75,76)(H,77,78)/t62?,63-,64+,65+/m0/s1. The van der Waals surface area contributed by atoms with E-state index in [4.69, 9.17) is 37.0 Å². The van der Waals surface area contributed by atoms with E-state index < -0.39 is 97.5 Å². The number of phosphoric ester groups is 2. The second-order valence-corrected chi connectivity index (χ2v) is 29.5. The van der Waals surface area contributed by atoms with Crippen LogP contribution >= 0.6 is 15.6 Å². The molecular formula is C69H134O17P2. The fourth-order valence-corrected chi connectivity index (χ4v) is 11.9. The monoisotopic (exact) mass is 1300 g/mol. The summed E-state index contributed by atoms with van der Waals surface area (Å²) in [5.74, 6) is 0.808. The molecule has 0 saturated carbocycles. The van der Waals surface area contributed by atoms with Crippen molar-refractivity contribution < 1.29 is 80.2 Å². The van der Waals surface area contributed by atoms with Gasteiger partial charge in [-0.1, -0.05) is 287 Å². The molecule has 3 N–H and O–H groups in total. The van der Waals surface area contributed by atoms with E-state index in [0.717, 1.165) is 120 Å². The van der Waals surface area contributed by atoms with Crippen LogP contribution in [-0.4, -0.2) is 96.7 Å². The summed E-state index contributed by atoms with van der Waals surface area (Å²) in [6.07, 6.45) is 40.5. The van der Waals surface area contributed by atoms with E-state index >= 15 is 0 Å². The SMILES string of the molecule is CCC(C)CCCCCCCCC(=O)OC[C@H](COP(=O)(O)OC[C@@H](O)COP(=O)(O)OC[C@@H](COC(=O)CCCCCCCCC(C)C)OC(=O)CCCCCCCCCCCCCCCCC(C)C)OC(=O)CCCCCCCCCCCC(C)C. The summed E-state index contributed by atoms with van der Waals surface area (Å²) in [6.45, 7) is 14.0. The van der Waals surface area contributed by atoms with Gasteiger partial charge in [0.2, 0.25) is 0 Å². The minimum atomic E-state index is -4.95. The molecule has 19 heteroatoms. The van der Waals surface area contributed by atoms with Crippen LogP contribution < -0.4 is 0 Å². The fourth-order valence-electron chi connectivity index (χ4n) is 10.3. The number of aliphatic hydroxyl groups excluding tert-OH is 1. The van der Waals surface area contributed by atoms with E-state index in [0.29, 0.717) is 31.6 Å². The number of hydrogen-bond donors (Lipinski definition) is 3. The van der Waals surface area contributed by atoms with Gasteiger partial charge in [0.1, 0.15) is 19.3 Å². The van der Waals surface area contributed by atoms with Crippen molar-refractivity contribution in [3.63, 3.8) is 0 Å². The first-order chi connectivity index (χ1) is 42.1. The highest BCUT2D eigenvalue weighted by Crippen LogP contribution is 2.45. The zero-order valence-electron chi connectivity index (χ0n) is 57.3. The lowest BCUT2D eigenvalue weighted by Crippen LogP contribution is -2.30. The smallest absolute Gasteiger partial charge is 0.462 e. The van der Waals surface area contributed by atoms with Gasteiger partial charge in [-0.25, -0.2) is 9.13 Å². The molecule has 0 rings (SSSR count). The number of carbonyl (C=O) groups is 4. The Morgan fingerprint density at radius 2 is 0.545 bits per heavy atom. The summed E-state index contributed by atoms with van der Waals surface area (Å²) >= 11 is 0. The van der Waals surface area contributed by atoms with E-state index in [2.05, 4.69) is 55.4 Å². The van der Waals surface area contributed by atoms with Crippen LogP contribution in [0.15, 0.2) is 0 Å². The molecule has 17 nitrogen and oxygen atoms in total. The third-order valence-corrected chi connectivity index (χ3v) is 18.1. The van der Waals surface area contributed by atoms with Gasteiger partial charge in [-0.2, -0.15) is 0 Å². The van der Waals surface area contributed by atoms with Crippen LogP contribution in [0.25, 0.3) is 0 Å². The van der Waals surface area contributed by atoms with Crippen molar-refractivity contribution >= 4 is 39.5 Å². The average molecular weight is 1300 g/mol. The summed E-state index contributed by atoms with van der Waals surface area (Å²) in [6, 6.07) is 0. The van der Waals surface area contributed by atoms with Crippen LogP contribution in [0.4, 0.5) is 0 Å². The number of ether oxygens (including phenoxy) is 4. The maximum absolute atomic E-state index is 13.0. The third-order valence-electron chi connectivity index (χ3n) is 16.2. The number of unbranched alkanes of at least 4 members (excludes halogenated alkanes) is 31. The van der Waals surface area contributed by atoms with E-state index in [-0.39, 0.29) is 25.7 Å². The van der Waals surface area contributed by atoms with E-state index in [1.807, 2.05) is 0 Å². The van der Waals surface area contributed by atoms with E-state index in [1.54, 1.807) is 0 Å². The fraction of sp³-hybridized carbons (Fsp3) is 0.942. The molecule has 0 aliphatic rings. The van der Waals surface area contributed by atoms with Gasteiger partial charge in [0.15, 0.2) is 12.2 Å². The molecule has 0 aromatic heterocycles. The van der Waals surface area contributed by atoms with Crippen molar-refractivity contribution in [2.75, 3.05) is 39.6 Å². The molecule has 0 bridgehead atoms. The lowest BCUT2D eigenvalue weighted by atomic mass is 10.00. The molecule has 0 heterocycles. The van der Waals surface area contributed by atoms with Gasteiger partial charge in [-0.15, -0.1) is 0 Å². The third kappa shape index (κ3) is 61.6. The van der Waals surface area contributed by atoms with E-state index in [1.165, 1.54) is 128 Å². The summed E-state index contributed by atoms with van der Waals surface area (Å²) in [5.41, 5.74) is 0. The number of aliphatic hydroxyl groups is 1. The largest absolute Gasteiger partial charge is 0.472 e. The second-order valence-electron chi connectivity index (χ2n) is 26.6. The molecule has 0 aromatic rings. The topological polar surface area (TPSA) is 237 Å². The summed E-state index contributed by atoms with van der Waals surface area (Å²) in [5, 5.41) is 10.6. The molecule has 0 aromatic carbocycles. The first-order valence-corrected chi connectivity index (χ1v) is 38.7. The molecule has 0 radical (unpaired) electrons. The first kappa shape index (κ1) is 86.1. The maximum Gasteiger partial charge on any atom is 0.472 e. The summed E-state index contributed by atoms with van der Waals surface area (Å²) in [4.78, 5) is 72.4. The Balaban J connectivity index is 5.22. The first-order valence-electron chi connectivity index (χ1n) is 35.7. The summed E-state index contributed by atoms with van der Waals surface area (Å²) < 4.78 is 68.2. The van der Waals surface area contributed by atoms with Gasteiger partial charge in [0.25, 0.3) is 0 Å². The minimum Gasteiger partial charge on any atom is -0.462 e. The quantitative estimate of drug-likeness (QED) is 0.0222. The van der Waals surface area contributed by atoms with Crippen LogP contribution in [0, 0.1) is 23.7 Å². The Morgan fingerprint density at radius 3 is 0.807 bits per heavy atom. The molecule has 0 amide bonds. The predicted octanol–water partition coefficient (Wildman–Crippen LogP) is 19.3. The second kappa shape index (κ2) is 58.8. The zero-order valence-corrected chi connectivity index (χ0v) is 59.1. The number of rotatable bonds is 66. The van der Waals surface area contributed by atoms with Gasteiger partial charge in [-0.3, -0.25) is 37.3 Å². The van der Waals surface area contributed by atoms with Crippen LogP contribution in [0.1, 0.15) is 338 Å². The molecule has 0 saturated heterocycles. The molecular weight excluding hydrogens is 1160 g/mol. The molecule has 0 aliphatic heterocycles. The average Bonchev–Trinajstić information content (AvgIpc) is 3.58.